The summed E-state index contributed by atoms with van der Waals surface area (Å²) < 4.78 is 26.2. The number of alkyl halides is 2. The van der Waals surface area contributed by atoms with Crippen LogP contribution in [0.3, 0.4) is 0 Å². The molecule has 0 fully saturated rings. The van der Waals surface area contributed by atoms with Crippen molar-refractivity contribution in [3.63, 3.8) is 0 Å². The van der Waals surface area contributed by atoms with Gasteiger partial charge in [-0.1, -0.05) is 13.8 Å². The van der Waals surface area contributed by atoms with Gasteiger partial charge in [-0.3, -0.25) is 9.89 Å². The van der Waals surface area contributed by atoms with Crippen LogP contribution in [0.25, 0.3) is 5.65 Å². The predicted molar refractivity (Wildman–Crippen MR) is 59.5 cm³/mol. The van der Waals surface area contributed by atoms with Gasteiger partial charge in [0, 0.05) is 17.5 Å². The molecule has 1 unspecified atom stereocenters. The zero-order valence-electron chi connectivity index (χ0n) is 9.58. The van der Waals surface area contributed by atoms with Crippen LogP contribution in [0.4, 0.5) is 8.78 Å². The Labute approximate surface area is 96.3 Å². The van der Waals surface area contributed by atoms with Crippen molar-refractivity contribution in [3.05, 3.63) is 33.9 Å². The first-order chi connectivity index (χ1) is 8.02. The maximum Gasteiger partial charge on any atom is 0.271 e. The molecule has 0 aliphatic heterocycles. The molecule has 6 heteroatoms. The molecule has 0 spiro atoms. The van der Waals surface area contributed by atoms with Crippen molar-refractivity contribution in [2.75, 3.05) is 0 Å². The monoisotopic (exact) mass is 241 g/mol. The largest absolute Gasteiger partial charge is 0.276 e. The Hall–Kier alpha value is -1.72. The molecule has 2 heterocycles. The van der Waals surface area contributed by atoms with Crippen molar-refractivity contribution in [2.24, 2.45) is 0 Å². The van der Waals surface area contributed by atoms with Gasteiger partial charge in [-0.05, 0) is 12.5 Å². The minimum absolute atomic E-state index is 0.157. The molecule has 4 nitrogen and oxygen atoms in total. The van der Waals surface area contributed by atoms with E-state index >= 15 is 0 Å². The third kappa shape index (κ3) is 2.07. The molecule has 0 aromatic carbocycles. The van der Waals surface area contributed by atoms with Crippen molar-refractivity contribution in [3.8, 4) is 0 Å². The Balaban J connectivity index is 2.61. The lowest BCUT2D eigenvalue weighted by Gasteiger charge is -2.01. The topological polar surface area (TPSA) is 50.2 Å². The number of hydrogen-bond donors (Lipinski definition) is 1. The van der Waals surface area contributed by atoms with Gasteiger partial charge in [0.25, 0.3) is 12.0 Å². The second-order valence-corrected chi connectivity index (χ2v) is 4.04. The fourth-order valence-corrected chi connectivity index (χ4v) is 1.57. The molecule has 17 heavy (non-hydrogen) atoms. The summed E-state index contributed by atoms with van der Waals surface area (Å²) in [6.07, 6.45) is -1.80. The standard InChI is InChI=1S/C11H13F2N3O/c1-3-6(2)11-14-8-4-7(10(12)13)5-9(17)16(8)15-11/h4-6,10H,3H2,1-2H3,(H,14,15). The van der Waals surface area contributed by atoms with E-state index in [0.717, 1.165) is 12.5 Å². The number of nitrogens with one attached hydrogen (secondary N) is 1. The summed E-state index contributed by atoms with van der Waals surface area (Å²) in [5, 5.41) is 2.83. The highest BCUT2D eigenvalue weighted by molar-refractivity contribution is 5.41. The summed E-state index contributed by atoms with van der Waals surface area (Å²) in [4.78, 5) is 15.7. The van der Waals surface area contributed by atoms with Crippen LogP contribution in [0.1, 0.15) is 44.0 Å². The van der Waals surface area contributed by atoms with Crippen LogP contribution in [-0.2, 0) is 0 Å². The number of nitrogens with zero attached hydrogens (tertiary/aromatic N) is 2. The van der Waals surface area contributed by atoms with E-state index in [-0.39, 0.29) is 17.1 Å². The van der Waals surface area contributed by atoms with Gasteiger partial charge in [-0.25, -0.2) is 18.3 Å². The van der Waals surface area contributed by atoms with Crippen molar-refractivity contribution < 1.29 is 8.78 Å². The highest BCUT2D eigenvalue weighted by atomic mass is 19.3. The summed E-state index contributed by atoms with van der Waals surface area (Å²) in [6.45, 7) is 3.95. The highest BCUT2D eigenvalue weighted by Crippen LogP contribution is 2.19. The van der Waals surface area contributed by atoms with Gasteiger partial charge >= 0.3 is 0 Å². The maximum atomic E-state index is 12.5. The molecule has 0 bridgehead atoms. The Bertz CT molecular complexity index is 588. The van der Waals surface area contributed by atoms with Crippen molar-refractivity contribution in [2.45, 2.75) is 32.6 Å². The number of H-pyrrole nitrogens is 1. The normalized spacial score (nSPS) is 13.5. The number of fused-ring (bicyclic) bond motifs is 1. The Morgan fingerprint density at radius 1 is 1.47 bits per heavy atom. The number of aromatic amines is 1. The molecule has 92 valence electrons. The number of pyridine rings is 1. The number of rotatable bonds is 3. The molecule has 0 saturated carbocycles. The van der Waals surface area contributed by atoms with Crippen LogP contribution < -0.4 is 5.56 Å². The van der Waals surface area contributed by atoms with E-state index in [1.807, 2.05) is 13.8 Å². The summed E-state index contributed by atoms with van der Waals surface area (Å²) in [5.74, 6) is 0.792. The molecule has 0 aliphatic carbocycles. The first-order valence-corrected chi connectivity index (χ1v) is 5.43. The maximum absolute atomic E-state index is 12.5. The van der Waals surface area contributed by atoms with E-state index in [9.17, 15) is 13.6 Å². The van der Waals surface area contributed by atoms with E-state index in [1.165, 1.54) is 10.6 Å². The van der Waals surface area contributed by atoms with Gasteiger partial charge < -0.3 is 0 Å². The number of hydrogen-bond acceptors (Lipinski definition) is 2. The van der Waals surface area contributed by atoms with E-state index in [4.69, 9.17) is 0 Å². The molecule has 0 radical (unpaired) electrons. The van der Waals surface area contributed by atoms with Crippen molar-refractivity contribution >= 4 is 5.65 Å². The number of halogens is 2. The zero-order valence-corrected chi connectivity index (χ0v) is 9.58. The van der Waals surface area contributed by atoms with Crippen LogP contribution in [0, 0.1) is 0 Å². The second-order valence-electron chi connectivity index (χ2n) is 4.04. The molecule has 1 N–H and O–H groups in total. The molecule has 2 aromatic heterocycles. The summed E-state index contributed by atoms with van der Waals surface area (Å²) in [7, 11) is 0. The van der Waals surface area contributed by atoms with Gasteiger partial charge in [0.1, 0.15) is 5.82 Å². The average molecular weight is 241 g/mol. The first-order valence-electron chi connectivity index (χ1n) is 5.43. The van der Waals surface area contributed by atoms with Gasteiger partial charge in [-0.2, -0.15) is 0 Å². The Morgan fingerprint density at radius 2 is 2.18 bits per heavy atom. The van der Waals surface area contributed by atoms with Crippen LogP contribution in [0.2, 0.25) is 0 Å². The summed E-state index contributed by atoms with van der Waals surface area (Å²) in [5.41, 5.74) is -0.569. The average Bonchev–Trinajstić information content (AvgIpc) is 2.72. The van der Waals surface area contributed by atoms with Gasteiger partial charge in [0.15, 0.2) is 5.65 Å². The molecule has 1 atom stereocenters. The SMILES string of the molecule is CCC(C)c1nc2cc(C(F)F)cc(=O)n2[nH]1. The molecule has 2 rings (SSSR count). The van der Waals surface area contributed by atoms with Crippen molar-refractivity contribution in [1.29, 1.82) is 0 Å². The smallest absolute Gasteiger partial charge is 0.271 e. The molecule has 0 saturated heterocycles. The highest BCUT2D eigenvalue weighted by Gasteiger charge is 2.14. The van der Waals surface area contributed by atoms with Crippen LogP contribution in [0.5, 0.6) is 0 Å². The molecule has 0 aliphatic rings. The molecule has 2 aromatic rings. The van der Waals surface area contributed by atoms with Gasteiger partial charge in [0.05, 0.1) is 0 Å². The lowest BCUT2D eigenvalue weighted by molar-refractivity contribution is 0.151. The predicted octanol–water partition coefficient (Wildman–Crippen LogP) is 2.47. The van der Waals surface area contributed by atoms with E-state index in [2.05, 4.69) is 10.1 Å². The first kappa shape index (κ1) is 11.8. The van der Waals surface area contributed by atoms with Crippen LogP contribution >= 0.6 is 0 Å². The van der Waals surface area contributed by atoms with E-state index in [1.54, 1.807) is 0 Å². The minimum Gasteiger partial charge on any atom is -0.276 e. The van der Waals surface area contributed by atoms with Crippen molar-refractivity contribution in [1.82, 2.24) is 14.6 Å². The fraction of sp³-hybridized carbons (Fsp3) is 0.455. The van der Waals surface area contributed by atoms with Crippen LogP contribution in [0.15, 0.2) is 16.9 Å². The quantitative estimate of drug-likeness (QED) is 0.897. The van der Waals surface area contributed by atoms with Gasteiger partial charge in [-0.15, -0.1) is 0 Å². The zero-order chi connectivity index (χ0) is 12.6. The van der Waals surface area contributed by atoms with Crippen LogP contribution in [-0.4, -0.2) is 14.6 Å². The molecule has 0 amide bonds. The second kappa shape index (κ2) is 4.27. The fourth-order valence-electron chi connectivity index (χ4n) is 1.57. The molecular formula is C11H13F2N3O. The van der Waals surface area contributed by atoms with Gasteiger partial charge in [0.2, 0.25) is 0 Å². The minimum atomic E-state index is -2.66. The Kier molecular flexibility index (Phi) is 2.95. The third-order valence-corrected chi connectivity index (χ3v) is 2.83. The molecular weight excluding hydrogens is 228 g/mol. The Morgan fingerprint density at radius 3 is 2.76 bits per heavy atom. The summed E-state index contributed by atoms with van der Waals surface area (Å²) >= 11 is 0. The summed E-state index contributed by atoms with van der Waals surface area (Å²) in [6, 6.07) is 2.16. The van der Waals surface area contributed by atoms with E-state index in [0.29, 0.717) is 5.82 Å². The third-order valence-electron chi connectivity index (χ3n) is 2.83. The lowest BCUT2D eigenvalue weighted by atomic mass is 10.1. The van der Waals surface area contributed by atoms with E-state index < -0.39 is 12.0 Å². The number of aromatic nitrogens is 3. The lowest BCUT2D eigenvalue weighted by Crippen LogP contribution is -2.14.